The van der Waals surface area contributed by atoms with Crippen LogP contribution in [0.3, 0.4) is 0 Å². The van der Waals surface area contributed by atoms with Crippen molar-refractivity contribution in [2.45, 2.75) is 57.4 Å². The zero-order valence-electron chi connectivity index (χ0n) is 8.81. The number of nitrogens with one attached hydrogen (secondary N) is 1. The van der Waals surface area contributed by atoms with Gasteiger partial charge in [0.15, 0.2) is 0 Å². The topological polar surface area (TPSA) is 32.3 Å². The minimum Gasteiger partial charge on any atom is -0.396 e. The summed E-state index contributed by atoms with van der Waals surface area (Å²) < 4.78 is 0. The van der Waals surface area contributed by atoms with E-state index in [4.69, 9.17) is 5.11 Å². The normalized spacial score (nSPS) is 21.7. The third-order valence-corrected chi connectivity index (χ3v) is 3.15. The fraction of sp³-hybridized carbons (Fsp3) is 1.00. The van der Waals surface area contributed by atoms with E-state index in [1.54, 1.807) is 0 Å². The van der Waals surface area contributed by atoms with Crippen LogP contribution in [-0.4, -0.2) is 23.8 Å². The fourth-order valence-corrected chi connectivity index (χ4v) is 2.35. The smallest absolute Gasteiger partial charge is 0.0448 e. The molecule has 1 rings (SSSR count). The predicted octanol–water partition coefficient (Wildman–Crippen LogP) is 2.07. The van der Waals surface area contributed by atoms with Crippen LogP contribution in [-0.2, 0) is 0 Å². The van der Waals surface area contributed by atoms with Crippen molar-refractivity contribution >= 4 is 0 Å². The minimum atomic E-state index is 0.281. The molecule has 2 heteroatoms. The highest BCUT2D eigenvalue weighted by Gasteiger charge is 2.30. The van der Waals surface area contributed by atoms with Gasteiger partial charge in [-0.1, -0.05) is 26.2 Å². The summed E-state index contributed by atoms with van der Waals surface area (Å²) in [7, 11) is 0. The summed E-state index contributed by atoms with van der Waals surface area (Å²) >= 11 is 0. The molecule has 0 aromatic heterocycles. The predicted molar refractivity (Wildman–Crippen MR) is 55.8 cm³/mol. The molecule has 0 atom stereocenters. The van der Waals surface area contributed by atoms with E-state index in [1.807, 2.05) is 0 Å². The molecule has 13 heavy (non-hydrogen) atoms. The highest BCUT2D eigenvalue weighted by atomic mass is 16.3. The second kappa shape index (κ2) is 5.61. The van der Waals surface area contributed by atoms with E-state index in [0.29, 0.717) is 6.61 Å². The van der Waals surface area contributed by atoms with Crippen molar-refractivity contribution in [1.82, 2.24) is 5.32 Å². The van der Waals surface area contributed by atoms with Crippen LogP contribution in [0.5, 0.6) is 0 Å². The van der Waals surface area contributed by atoms with Gasteiger partial charge in [0.1, 0.15) is 0 Å². The molecule has 0 heterocycles. The first-order chi connectivity index (χ1) is 6.33. The van der Waals surface area contributed by atoms with Crippen molar-refractivity contribution in [2.75, 3.05) is 13.2 Å². The second-order valence-corrected chi connectivity index (χ2v) is 4.24. The van der Waals surface area contributed by atoms with Gasteiger partial charge in [0.25, 0.3) is 0 Å². The largest absolute Gasteiger partial charge is 0.396 e. The maximum absolute atomic E-state index is 9.04. The zero-order valence-corrected chi connectivity index (χ0v) is 8.81. The minimum absolute atomic E-state index is 0.281. The van der Waals surface area contributed by atoms with Crippen LogP contribution in [0.25, 0.3) is 0 Å². The Morgan fingerprint density at radius 2 is 1.92 bits per heavy atom. The molecule has 78 valence electrons. The average molecular weight is 185 g/mol. The number of rotatable bonds is 5. The molecule has 1 aliphatic carbocycles. The van der Waals surface area contributed by atoms with Crippen molar-refractivity contribution in [2.24, 2.45) is 0 Å². The molecular formula is C11H23NO. The molecule has 0 bridgehead atoms. The van der Waals surface area contributed by atoms with Gasteiger partial charge in [-0.05, 0) is 32.2 Å². The molecule has 0 saturated heterocycles. The highest BCUT2D eigenvalue weighted by molar-refractivity contribution is 4.90. The molecule has 2 N–H and O–H groups in total. The van der Waals surface area contributed by atoms with Crippen molar-refractivity contribution < 1.29 is 5.11 Å². The summed E-state index contributed by atoms with van der Waals surface area (Å²) in [5.74, 6) is 0. The van der Waals surface area contributed by atoms with Gasteiger partial charge in [-0.15, -0.1) is 0 Å². The SMILES string of the molecule is CCCNC1(CCO)CCCCC1. The molecule has 1 saturated carbocycles. The Labute approximate surface area is 81.7 Å². The Bertz CT molecular complexity index is 125. The van der Waals surface area contributed by atoms with E-state index < -0.39 is 0 Å². The zero-order chi connectivity index (χ0) is 9.57. The first-order valence-corrected chi connectivity index (χ1v) is 5.69. The third-order valence-electron chi connectivity index (χ3n) is 3.15. The van der Waals surface area contributed by atoms with Crippen molar-refractivity contribution in [3.8, 4) is 0 Å². The van der Waals surface area contributed by atoms with Gasteiger partial charge >= 0.3 is 0 Å². The summed E-state index contributed by atoms with van der Waals surface area (Å²) in [6.45, 7) is 3.62. The monoisotopic (exact) mass is 185 g/mol. The van der Waals surface area contributed by atoms with Crippen LogP contribution in [0, 0.1) is 0 Å². The summed E-state index contributed by atoms with van der Waals surface area (Å²) in [4.78, 5) is 0. The van der Waals surface area contributed by atoms with E-state index in [0.717, 1.165) is 13.0 Å². The van der Waals surface area contributed by atoms with Crippen LogP contribution in [0.1, 0.15) is 51.9 Å². The maximum Gasteiger partial charge on any atom is 0.0448 e. The van der Waals surface area contributed by atoms with Gasteiger partial charge in [-0.2, -0.15) is 0 Å². The van der Waals surface area contributed by atoms with Crippen LogP contribution < -0.4 is 5.32 Å². The Hall–Kier alpha value is -0.0800. The van der Waals surface area contributed by atoms with Gasteiger partial charge in [0.2, 0.25) is 0 Å². The van der Waals surface area contributed by atoms with Crippen LogP contribution >= 0.6 is 0 Å². The van der Waals surface area contributed by atoms with Gasteiger partial charge in [0, 0.05) is 12.1 Å². The molecule has 0 aromatic rings. The quantitative estimate of drug-likeness (QED) is 0.687. The summed E-state index contributed by atoms with van der Waals surface area (Å²) in [5.41, 5.74) is 0.281. The van der Waals surface area contributed by atoms with Gasteiger partial charge in [-0.25, -0.2) is 0 Å². The second-order valence-electron chi connectivity index (χ2n) is 4.24. The van der Waals surface area contributed by atoms with Gasteiger partial charge in [-0.3, -0.25) is 0 Å². The molecule has 2 nitrogen and oxygen atoms in total. The van der Waals surface area contributed by atoms with Crippen LogP contribution in [0.15, 0.2) is 0 Å². The average Bonchev–Trinajstić information content (AvgIpc) is 2.17. The number of aliphatic hydroxyl groups excluding tert-OH is 1. The summed E-state index contributed by atoms with van der Waals surface area (Å²) in [5, 5.41) is 12.7. The first kappa shape index (κ1) is 11.0. The van der Waals surface area contributed by atoms with Crippen LogP contribution in [0.4, 0.5) is 0 Å². The number of hydrogen-bond donors (Lipinski definition) is 2. The van der Waals surface area contributed by atoms with E-state index in [2.05, 4.69) is 12.2 Å². The van der Waals surface area contributed by atoms with E-state index in [1.165, 1.54) is 38.5 Å². The molecule has 0 amide bonds. The maximum atomic E-state index is 9.04. The Balaban J connectivity index is 2.40. The molecule has 0 radical (unpaired) electrons. The molecular weight excluding hydrogens is 162 g/mol. The lowest BCUT2D eigenvalue weighted by atomic mass is 9.79. The third kappa shape index (κ3) is 3.28. The summed E-state index contributed by atoms with van der Waals surface area (Å²) in [6, 6.07) is 0. The van der Waals surface area contributed by atoms with Crippen molar-refractivity contribution in [3.05, 3.63) is 0 Å². The lowest BCUT2D eigenvalue weighted by molar-refractivity contribution is 0.165. The van der Waals surface area contributed by atoms with Crippen molar-refractivity contribution in [1.29, 1.82) is 0 Å². The molecule has 1 aliphatic rings. The first-order valence-electron chi connectivity index (χ1n) is 5.69. The molecule has 1 fully saturated rings. The Kier molecular flexibility index (Phi) is 4.74. The van der Waals surface area contributed by atoms with Crippen LogP contribution in [0.2, 0.25) is 0 Å². The standard InChI is InChI=1S/C11H23NO/c1-2-9-12-11(8-10-13)6-4-3-5-7-11/h12-13H,2-10H2,1H3. The Morgan fingerprint density at radius 3 is 2.46 bits per heavy atom. The summed E-state index contributed by atoms with van der Waals surface area (Å²) in [6.07, 6.45) is 8.68. The van der Waals surface area contributed by atoms with Gasteiger partial charge < -0.3 is 10.4 Å². The van der Waals surface area contributed by atoms with E-state index in [-0.39, 0.29) is 5.54 Å². The Morgan fingerprint density at radius 1 is 1.23 bits per heavy atom. The molecule has 0 spiro atoms. The van der Waals surface area contributed by atoms with Gasteiger partial charge in [0.05, 0.1) is 0 Å². The molecule has 0 aliphatic heterocycles. The van der Waals surface area contributed by atoms with Crippen molar-refractivity contribution in [3.63, 3.8) is 0 Å². The lowest BCUT2D eigenvalue weighted by Crippen LogP contribution is -2.47. The highest BCUT2D eigenvalue weighted by Crippen LogP contribution is 2.30. The van der Waals surface area contributed by atoms with E-state index in [9.17, 15) is 0 Å². The molecule has 0 aromatic carbocycles. The van der Waals surface area contributed by atoms with E-state index >= 15 is 0 Å². The number of aliphatic hydroxyl groups is 1. The lowest BCUT2D eigenvalue weighted by Gasteiger charge is -2.38. The molecule has 0 unspecified atom stereocenters. The number of hydrogen-bond acceptors (Lipinski definition) is 2. The fourth-order valence-electron chi connectivity index (χ4n) is 2.35.